The number of hydrogen-bond acceptors (Lipinski definition) is 7. The van der Waals surface area contributed by atoms with Crippen molar-refractivity contribution in [2.45, 2.75) is 19.1 Å². The Kier molecular flexibility index (Phi) is 8.62. The van der Waals surface area contributed by atoms with Gasteiger partial charge in [-0.05, 0) is 43.1 Å². The van der Waals surface area contributed by atoms with Crippen molar-refractivity contribution in [2.75, 3.05) is 38.0 Å². The van der Waals surface area contributed by atoms with Gasteiger partial charge >= 0.3 is 12.2 Å². The molecule has 2 saturated heterocycles. The fourth-order valence-electron chi connectivity index (χ4n) is 5.88. The van der Waals surface area contributed by atoms with Crippen molar-refractivity contribution >= 4 is 46.9 Å². The molecule has 2 aromatic rings. The summed E-state index contributed by atoms with van der Waals surface area (Å²) in [7, 11) is 1.32. The molecule has 16 heteroatoms. The maximum atomic E-state index is 13.1. The topological polar surface area (TPSA) is 170 Å². The molecule has 236 valence electrons. The van der Waals surface area contributed by atoms with Gasteiger partial charge in [-0.2, -0.15) is 13.2 Å². The van der Waals surface area contributed by atoms with Crippen LogP contribution in [-0.2, 0) is 7.05 Å². The van der Waals surface area contributed by atoms with Gasteiger partial charge in [-0.15, -0.1) is 0 Å². The van der Waals surface area contributed by atoms with Crippen molar-refractivity contribution in [2.24, 2.45) is 36.5 Å². The molecule has 1 aliphatic carbocycles. The average molecular weight is 636 g/mol. The molecular formula is C28H33ClF3N9O3. The highest BCUT2D eigenvalue weighted by molar-refractivity contribution is 6.34. The van der Waals surface area contributed by atoms with Crippen LogP contribution < -0.4 is 27.0 Å². The SMILES string of the molecule is C[C@H]1CNCC1CNC(=O)N1C[C@@H]2C(NC(=O)c3ccc(NC(=O)c4ncc(C(C=N)=C(N)C(F)(F)F)n4C)cc3Cl)[C@@H]2C1. The Hall–Kier alpha value is -4.11. The van der Waals surface area contributed by atoms with Crippen LogP contribution >= 0.6 is 11.6 Å². The number of allylic oxidation sites excluding steroid dienone is 2. The smallest absolute Gasteiger partial charge is 0.394 e. The first kappa shape index (κ1) is 31.3. The van der Waals surface area contributed by atoms with E-state index in [0.717, 1.165) is 23.9 Å². The lowest BCUT2D eigenvalue weighted by Crippen LogP contribution is -2.44. The first-order valence-corrected chi connectivity index (χ1v) is 14.4. The molecule has 2 aliphatic heterocycles. The second-order valence-electron chi connectivity index (χ2n) is 11.5. The molecule has 44 heavy (non-hydrogen) atoms. The van der Waals surface area contributed by atoms with Crippen molar-refractivity contribution in [3.8, 4) is 0 Å². The highest BCUT2D eigenvalue weighted by atomic mass is 35.5. The number of hydrogen-bond donors (Lipinski definition) is 6. The number of piperidine rings is 1. The van der Waals surface area contributed by atoms with Crippen LogP contribution in [0.5, 0.6) is 0 Å². The van der Waals surface area contributed by atoms with Gasteiger partial charge in [0.15, 0.2) is 5.82 Å². The van der Waals surface area contributed by atoms with Crippen LogP contribution in [0.4, 0.5) is 23.7 Å². The minimum atomic E-state index is -4.87. The lowest BCUT2D eigenvalue weighted by atomic mass is 9.98. The van der Waals surface area contributed by atoms with E-state index in [9.17, 15) is 27.6 Å². The van der Waals surface area contributed by atoms with Crippen molar-refractivity contribution in [1.82, 2.24) is 30.4 Å². The van der Waals surface area contributed by atoms with Crippen LogP contribution in [0.2, 0.25) is 5.02 Å². The Morgan fingerprint density at radius 1 is 1.20 bits per heavy atom. The van der Waals surface area contributed by atoms with Crippen molar-refractivity contribution < 1.29 is 27.6 Å². The molecule has 1 aromatic heterocycles. The summed E-state index contributed by atoms with van der Waals surface area (Å²) >= 11 is 6.36. The fourth-order valence-corrected chi connectivity index (χ4v) is 6.15. The quantitative estimate of drug-likeness (QED) is 0.243. The van der Waals surface area contributed by atoms with Crippen molar-refractivity contribution in [3.05, 3.63) is 52.2 Å². The second kappa shape index (κ2) is 12.1. The molecule has 4 amide bonds. The number of carbonyl (C=O) groups excluding carboxylic acids is 3. The summed E-state index contributed by atoms with van der Waals surface area (Å²) in [6.07, 6.45) is -3.41. The predicted octanol–water partition coefficient (Wildman–Crippen LogP) is 2.43. The van der Waals surface area contributed by atoms with Gasteiger partial charge in [0.05, 0.1) is 22.5 Å². The van der Waals surface area contributed by atoms with Crippen LogP contribution in [0.3, 0.4) is 0 Å². The summed E-state index contributed by atoms with van der Waals surface area (Å²) in [6, 6.07) is 4.15. The number of likely N-dealkylation sites (tertiary alicyclic amines) is 1. The van der Waals surface area contributed by atoms with Crippen molar-refractivity contribution in [3.63, 3.8) is 0 Å². The largest absolute Gasteiger partial charge is 0.431 e. The standard InChI is InChI=1S/C28H33ClF3N9O3/c1-13-7-35-8-14(13)9-37-27(44)41-11-18-19(12-41)22(18)39-25(42)16-4-3-15(5-20(16)29)38-26(43)24-36-10-21(40(24)2)17(6-33)23(34)28(30,31)32/h3-6,10,13-14,18-19,22,33,35H,7-9,11-12,34H2,1-2H3,(H,37,44)(H,38,43)(H,39,42)/t13-,14?,18-,19+,22?/m0/s1. The van der Waals surface area contributed by atoms with E-state index in [1.807, 2.05) is 0 Å². The van der Waals surface area contributed by atoms with Gasteiger partial charge < -0.3 is 41.9 Å². The Bertz CT molecular complexity index is 1510. The number of nitrogens with zero attached hydrogens (tertiary/aromatic N) is 3. The van der Waals surface area contributed by atoms with Gasteiger partial charge in [-0.3, -0.25) is 9.59 Å². The van der Waals surface area contributed by atoms with Gasteiger partial charge in [-0.25, -0.2) is 9.78 Å². The lowest BCUT2D eigenvalue weighted by molar-refractivity contribution is -0.0919. The Balaban J connectivity index is 1.14. The monoisotopic (exact) mass is 635 g/mol. The number of urea groups is 1. The van der Waals surface area contributed by atoms with Crippen LogP contribution in [0, 0.1) is 29.1 Å². The molecule has 0 spiro atoms. The highest BCUT2D eigenvalue weighted by Crippen LogP contribution is 2.45. The van der Waals surface area contributed by atoms with Gasteiger partial charge in [0.2, 0.25) is 0 Å². The third-order valence-electron chi connectivity index (χ3n) is 8.65. The number of rotatable bonds is 8. The fraction of sp³-hybridized carbons (Fsp3) is 0.464. The van der Waals surface area contributed by atoms with Gasteiger partial charge in [0, 0.05) is 62.0 Å². The molecule has 1 aromatic carbocycles. The van der Waals surface area contributed by atoms with Gasteiger partial charge in [-0.1, -0.05) is 18.5 Å². The number of halogens is 4. The van der Waals surface area contributed by atoms with Crippen LogP contribution in [-0.4, -0.2) is 83.5 Å². The number of nitrogens with two attached hydrogens (primary N) is 1. The molecule has 12 nitrogen and oxygen atoms in total. The van der Waals surface area contributed by atoms with E-state index in [-0.39, 0.29) is 57.6 Å². The number of fused-ring (bicyclic) bond motifs is 1. The zero-order valence-corrected chi connectivity index (χ0v) is 24.7. The number of carbonyl (C=O) groups is 3. The number of aromatic nitrogens is 2. The molecule has 5 atom stereocenters. The van der Waals surface area contributed by atoms with E-state index in [1.54, 1.807) is 4.90 Å². The third-order valence-corrected chi connectivity index (χ3v) is 8.96. The summed E-state index contributed by atoms with van der Waals surface area (Å²) in [6.45, 7) is 5.79. The number of benzene rings is 1. The van der Waals surface area contributed by atoms with Crippen LogP contribution in [0.1, 0.15) is 33.6 Å². The Morgan fingerprint density at radius 2 is 1.91 bits per heavy atom. The van der Waals surface area contributed by atoms with E-state index in [1.165, 1.54) is 25.2 Å². The minimum absolute atomic E-state index is 0.0649. The Labute approximate surface area is 256 Å². The molecule has 0 radical (unpaired) electrons. The van der Waals surface area contributed by atoms with E-state index in [4.69, 9.17) is 22.7 Å². The number of amides is 4. The summed E-state index contributed by atoms with van der Waals surface area (Å²) in [5, 5.41) is 19.3. The van der Waals surface area contributed by atoms with E-state index < -0.39 is 23.4 Å². The maximum Gasteiger partial charge on any atom is 0.431 e. The van der Waals surface area contributed by atoms with Crippen molar-refractivity contribution in [1.29, 1.82) is 5.41 Å². The van der Waals surface area contributed by atoms with Crippen LogP contribution in [0.15, 0.2) is 30.1 Å². The molecule has 5 rings (SSSR count). The summed E-state index contributed by atoms with van der Waals surface area (Å²) in [5.41, 5.74) is 3.32. The lowest BCUT2D eigenvalue weighted by Gasteiger charge is -2.23. The van der Waals surface area contributed by atoms with E-state index in [2.05, 4.69) is 33.2 Å². The number of imidazole rings is 1. The highest BCUT2D eigenvalue weighted by Gasteiger charge is 2.57. The minimum Gasteiger partial charge on any atom is -0.394 e. The molecule has 7 N–H and O–H groups in total. The first-order valence-electron chi connectivity index (χ1n) is 14.0. The maximum absolute atomic E-state index is 13.1. The molecule has 0 bridgehead atoms. The van der Waals surface area contributed by atoms with Crippen LogP contribution in [0.25, 0.3) is 5.57 Å². The van der Waals surface area contributed by atoms with Gasteiger partial charge in [0.25, 0.3) is 11.8 Å². The summed E-state index contributed by atoms with van der Waals surface area (Å²) in [4.78, 5) is 44.1. The molecule has 3 aliphatic rings. The first-order chi connectivity index (χ1) is 20.8. The second-order valence-corrected chi connectivity index (χ2v) is 11.9. The molecule has 3 heterocycles. The third kappa shape index (κ3) is 6.24. The Morgan fingerprint density at radius 3 is 2.50 bits per heavy atom. The number of nitrogens with one attached hydrogen (secondary N) is 5. The predicted molar refractivity (Wildman–Crippen MR) is 157 cm³/mol. The molecule has 3 fully saturated rings. The summed E-state index contributed by atoms with van der Waals surface area (Å²) in [5.74, 6) is -0.0841. The van der Waals surface area contributed by atoms with E-state index >= 15 is 0 Å². The molecule has 1 saturated carbocycles. The average Bonchev–Trinajstić information content (AvgIpc) is 3.37. The summed E-state index contributed by atoms with van der Waals surface area (Å²) < 4.78 is 40.3. The molecule has 2 unspecified atom stereocenters. The van der Waals surface area contributed by atoms with E-state index in [0.29, 0.717) is 37.7 Å². The van der Waals surface area contributed by atoms with Gasteiger partial charge in [0.1, 0.15) is 5.70 Å². The molecular weight excluding hydrogens is 603 g/mol. The number of anilines is 1. The number of alkyl halides is 3. The normalized spacial score (nSPS) is 24.8. The zero-order chi connectivity index (χ0) is 31.9. The zero-order valence-electron chi connectivity index (χ0n) is 24.0.